The summed E-state index contributed by atoms with van der Waals surface area (Å²) in [4.78, 5) is 13.2. The van der Waals surface area contributed by atoms with Gasteiger partial charge in [-0.3, -0.25) is 4.79 Å². The second-order valence-electron chi connectivity index (χ2n) is 18.0. The zero-order chi connectivity index (χ0) is 30.0. The predicted octanol–water partition coefficient (Wildman–Crippen LogP) is 5.87. The zero-order valence-electron chi connectivity index (χ0n) is 27.4. The highest BCUT2D eigenvalue weighted by atomic mass is 16.5. The molecule has 0 aromatic rings. The van der Waals surface area contributed by atoms with Gasteiger partial charge in [0.25, 0.3) is 0 Å². The van der Waals surface area contributed by atoms with Crippen molar-refractivity contribution in [2.75, 3.05) is 13.2 Å². The second kappa shape index (κ2) is 9.17. The average molecular weight is 574 g/mol. The summed E-state index contributed by atoms with van der Waals surface area (Å²) in [6.45, 7) is 21.5. The van der Waals surface area contributed by atoms with Gasteiger partial charge in [0.1, 0.15) is 0 Å². The van der Waals surface area contributed by atoms with Gasteiger partial charge in [0.05, 0.1) is 42.0 Å². The van der Waals surface area contributed by atoms with E-state index in [0.29, 0.717) is 31.0 Å². The highest BCUT2D eigenvalue weighted by Gasteiger charge is 2.72. The predicted molar refractivity (Wildman–Crippen MR) is 160 cm³/mol. The number of hydrogen-bond acceptors (Lipinski definition) is 5. The smallest absolute Gasteiger partial charge is 0.230 e. The third-order valence-electron chi connectivity index (χ3n) is 15.0. The summed E-state index contributed by atoms with van der Waals surface area (Å²) < 4.78 is 12.1. The Morgan fingerprint density at radius 1 is 0.854 bits per heavy atom. The molecule has 2 aliphatic heterocycles. The molecule has 6 aliphatic rings. The first kappa shape index (κ1) is 30.3. The van der Waals surface area contributed by atoms with Crippen LogP contribution in [0.5, 0.6) is 0 Å². The highest BCUT2D eigenvalue weighted by molar-refractivity contribution is 5.83. The van der Waals surface area contributed by atoms with Crippen LogP contribution in [0.1, 0.15) is 120 Å². The van der Waals surface area contributed by atoms with Gasteiger partial charge in [-0.1, -0.05) is 34.6 Å². The fraction of sp³-hybridized carbons (Fsp3) is 0.971. The normalized spacial score (nSPS) is 52.1. The van der Waals surface area contributed by atoms with E-state index in [-0.39, 0.29) is 62.8 Å². The maximum absolute atomic E-state index is 13.2. The molecule has 6 heteroatoms. The van der Waals surface area contributed by atoms with Crippen molar-refractivity contribution in [1.29, 1.82) is 0 Å². The lowest BCUT2D eigenvalue weighted by Crippen LogP contribution is -2.68. The number of amides is 1. The summed E-state index contributed by atoms with van der Waals surface area (Å²) in [5.41, 5.74) is -1.18. The summed E-state index contributed by atoms with van der Waals surface area (Å²) in [6.07, 6.45) is 8.94. The fourth-order valence-corrected chi connectivity index (χ4v) is 12.2. The molecule has 4 aliphatic carbocycles. The van der Waals surface area contributed by atoms with E-state index in [0.717, 1.165) is 44.9 Å². The second-order valence-corrected chi connectivity index (χ2v) is 18.0. The van der Waals surface area contributed by atoms with Gasteiger partial charge in [-0.2, -0.15) is 0 Å². The Balaban J connectivity index is 1.26. The van der Waals surface area contributed by atoms with E-state index >= 15 is 0 Å². The van der Waals surface area contributed by atoms with Gasteiger partial charge in [0, 0.05) is 6.04 Å². The Hall–Kier alpha value is -0.690. The highest BCUT2D eigenvalue weighted by Crippen LogP contribution is 2.76. The van der Waals surface area contributed by atoms with Crippen molar-refractivity contribution in [3.63, 3.8) is 0 Å². The molecule has 2 saturated heterocycles. The van der Waals surface area contributed by atoms with E-state index in [1.165, 1.54) is 12.8 Å². The number of aliphatic hydroxyl groups is 2. The molecule has 11 atom stereocenters. The van der Waals surface area contributed by atoms with Crippen LogP contribution in [-0.4, -0.2) is 58.8 Å². The van der Waals surface area contributed by atoms with Crippen molar-refractivity contribution in [1.82, 2.24) is 5.32 Å². The molecule has 234 valence electrons. The number of carbonyl (C=O) groups excluding carboxylic acids is 1. The van der Waals surface area contributed by atoms with Crippen LogP contribution in [0.15, 0.2) is 0 Å². The third-order valence-corrected chi connectivity index (χ3v) is 15.0. The van der Waals surface area contributed by atoms with E-state index in [1.807, 2.05) is 20.8 Å². The molecule has 0 aromatic heterocycles. The van der Waals surface area contributed by atoms with Crippen molar-refractivity contribution in [3.8, 4) is 0 Å². The van der Waals surface area contributed by atoms with Crippen LogP contribution < -0.4 is 5.32 Å². The molecule has 6 fully saturated rings. The molecule has 0 bridgehead atoms. The quantitative estimate of drug-likeness (QED) is 0.391. The largest absolute Gasteiger partial charge is 0.393 e. The molecule has 6 rings (SSSR count). The first-order valence-electron chi connectivity index (χ1n) is 16.8. The standard InChI is InChI=1S/C35H59NO5/c1-29(2)23-11-16-33(7)24(32(23,6)14-12-25(29)36-28(38)31(5)19-40-20-31)18-22(37)27-21(10-15-34(27,33)8)35(9)17-13-26(41-35)30(3,4)39/h21-27,37,39H,10-20H2,1-9H3,(H,36,38)/t21-,22+,23-,24+,25-,26+,27-,32-,33+,34+,35-/m0/s1. The molecule has 2 heterocycles. The molecule has 6 nitrogen and oxygen atoms in total. The summed E-state index contributed by atoms with van der Waals surface area (Å²) in [6, 6.07) is 0.172. The van der Waals surface area contributed by atoms with Crippen LogP contribution >= 0.6 is 0 Å². The van der Waals surface area contributed by atoms with Gasteiger partial charge in [-0.15, -0.1) is 0 Å². The fourth-order valence-electron chi connectivity index (χ4n) is 12.2. The van der Waals surface area contributed by atoms with Gasteiger partial charge >= 0.3 is 0 Å². The van der Waals surface area contributed by atoms with Gasteiger partial charge in [-0.25, -0.2) is 0 Å². The van der Waals surface area contributed by atoms with Crippen LogP contribution in [0.2, 0.25) is 0 Å². The minimum atomic E-state index is -0.844. The van der Waals surface area contributed by atoms with Crippen molar-refractivity contribution in [3.05, 3.63) is 0 Å². The van der Waals surface area contributed by atoms with Crippen LogP contribution in [-0.2, 0) is 14.3 Å². The van der Waals surface area contributed by atoms with E-state index in [1.54, 1.807) is 0 Å². The molecule has 4 saturated carbocycles. The first-order chi connectivity index (χ1) is 18.8. The summed E-state index contributed by atoms with van der Waals surface area (Å²) in [5, 5.41) is 26.3. The number of carbonyl (C=O) groups is 1. The molecule has 0 aromatic carbocycles. The van der Waals surface area contributed by atoms with Crippen LogP contribution in [0.3, 0.4) is 0 Å². The minimum absolute atomic E-state index is 0.0108. The minimum Gasteiger partial charge on any atom is -0.393 e. The Kier molecular flexibility index (Phi) is 6.79. The molecule has 41 heavy (non-hydrogen) atoms. The van der Waals surface area contributed by atoms with Crippen molar-refractivity contribution < 1.29 is 24.5 Å². The number of rotatable bonds is 4. The third kappa shape index (κ3) is 4.12. The van der Waals surface area contributed by atoms with Crippen molar-refractivity contribution in [2.45, 2.75) is 150 Å². The Morgan fingerprint density at radius 2 is 1.51 bits per heavy atom. The topological polar surface area (TPSA) is 88.0 Å². The summed E-state index contributed by atoms with van der Waals surface area (Å²) in [7, 11) is 0. The maximum Gasteiger partial charge on any atom is 0.230 e. The van der Waals surface area contributed by atoms with Gasteiger partial charge in [-0.05, 0) is 131 Å². The van der Waals surface area contributed by atoms with Crippen LogP contribution in [0, 0.1) is 50.7 Å². The van der Waals surface area contributed by atoms with Gasteiger partial charge in [0.15, 0.2) is 0 Å². The molecule has 0 spiro atoms. The van der Waals surface area contributed by atoms with Crippen LogP contribution in [0.25, 0.3) is 0 Å². The number of aliphatic hydroxyl groups excluding tert-OH is 1. The molecule has 0 radical (unpaired) electrons. The maximum atomic E-state index is 13.2. The first-order valence-corrected chi connectivity index (χ1v) is 16.8. The van der Waals surface area contributed by atoms with Gasteiger partial charge in [0.2, 0.25) is 5.91 Å². The molecular weight excluding hydrogens is 514 g/mol. The molecule has 1 amide bonds. The lowest BCUT2D eigenvalue weighted by molar-refractivity contribution is -0.241. The molecule has 0 unspecified atom stereocenters. The lowest BCUT2D eigenvalue weighted by Gasteiger charge is -2.71. The molecule has 3 N–H and O–H groups in total. The van der Waals surface area contributed by atoms with Crippen molar-refractivity contribution in [2.24, 2.45) is 50.7 Å². The number of nitrogens with one attached hydrogen (secondary N) is 1. The SMILES string of the molecule is CC1(C(=O)N[C@H]2CC[C@]3(C)[C@H]4C[C@@H](O)[C@@H]5[C@@H]([C@]6(C)CC[C@H](C(C)(C)O)O6)CC[C@@]5(C)[C@]4(C)CC[C@H]3C2(C)C)COC1. The Labute approximate surface area is 249 Å². The zero-order valence-corrected chi connectivity index (χ0v) is 27.4. The van der Waals surface area contributed by atoms with E-state index in [9.17, 15) is 15.0 Å². The van der Waals surface area contributed by atoms with Crippen LogP contribution in [0.4, 0.5) is 0 Å². The summed E-state index contributed by atoms with van der Waals surface area (Å²) in [5.74, 6) is 1.66. The Morgan fingerprint density at radius 3 is 2.10 bits per heavy atom. The van der Waals surface area contributed by atoms with E-state index in [4.69, 9.17) is 9.47 Å². The molecular formula is C35H59NO5. The number of fused-ring (bicyclic) bond motifs is 5. The lowest BCUT2D eigenvalue weighted by atomic mass is 9.35. The number of ether oxygens (including phenoxy) is 2. The summed E-state index contributed by atoms with van der Waals surface area (Å²) >= 11 is 0. The number of hydrogen-bond donors (Lipinski definition) is 3. The van der Waals surface area contributed by atoms with E-state index < -0.39 is 5.60 Å². The van der Waals surface area contributed by atoms with E-state index in [2.05, 4.69) is 46.9 Å². The van der Waals surface area contributed by atoms with Gasteiger partial charge < -0.3 is 25.0 Å². The van der Waals surface area contributed by atoms with Crippen molar-refractivity contribution >= 4 is 5.91 Å². The average Bonchev–Trinajstić information content (AvgIpc) is 3.44. The Bertz CT molecular complexity index is 1060. The monoisotopic (exact) mass is 573 g/mol.